The maximum absolute atomic E-state index is 8.98. The Labute approximate surface area is 90.4 Å². The van der Waals surface area contributed by atoms with Gasteiger partial charge in [0.05, 0.1) is 12.3 Å². The van der Waals surface area contributed by atoms with Crippen LogP contribution in [0.3, 0.4) is 0 Å². The number of benzene rings is 1. The summed E-state index contributed by atoms with van der Waals surface area (Å²) in [4.78, 5) is 0. The lowest BCUT2D eigenvalue weighted by atomic mass is 9.99. The molecule has 1 rings (SSSR count). The third-order valence-corrected chi connectivity index (χ3v) is 2.22. The third kappa shape index (κ3) is 3.36. The first kappa shape index (κ1) is 11.7. The second-order valence-electron chi connectivity index (χ2n) is 3.41. The van der Waals surface area contributed by atoms with E-state index in [9.17, 15) is 0 Å². The fraction of sp³-hybridized carbons (Fsp3) is 0.417. The molecule has 1 atom stereocenters. The molecule has 0 amide bonds. The molecule has 0 aliphatic heterocycles. The average molecular weight is 207 g/mol. The summed E-state index contributed by atoms with van der Waals surface area (Å²) >= 11 is 0. The van der Waals surface area contributed by atoms with Gasteiger partial charge in [-0.15, -0.1) is 0 Å². The maximum atomic E-state index is 8.98. The summed E-state index contributed by atoms with van der Waals surface area (Å²) in [5, 5.41) is 12.3. The summed E-state index contributed by atoms with van der Waals surface area (Å²) in [6.45, 7) is 5.19. The Morgan fingerprint density at radius 1 is 1.40 bits per heavy atom. The summed E-state index contributed by atoms with van der Waals surface area (Å²) in [6, 6.07) is 9.64. The van der Waals surface area contributed by atoms with Crippen LogP contribution in [0, 0.1) is 5.92 Å². The molecule has 0 aliphatic carbocycles. The van der Waals surface area contributed by atoms with Gasteiger partial charge < -0.3 is 9.94 Å². The van der Waals surface area contributed by atoms with Crippen molar-refractivity contribution in [3.8, 4) is 0 Å². The van der Waals surface area contributed by atoms with Gasteiger partial charge in [-0.05, 0) is 12.5 Å². The van der Waals surface area contributed by atoms with Crippen LogP contribution in [0.2, 0.25) is 0 Å². The van der Waals surface area contributed by atoms with E-state index >= 15 is 0 Å². The van der Waals surface area contributed by atoms with Crippen molar-refractivity contribution >= 4 is 5.71 Å². The summed E-state index contributed by atoms with van der Waals surface area (Å²) < 4.78 is 5.31. The zero-order valence-corrected chi connectivity index (χ0v) is 9.18. The van der Waals surface area contributed by atoms with Crippen LogP contribution in [0.25, 0.3) is 0 Å². The van der Waals surface area contributed by atoms with Crippen molar-refractivity contribution in [3.05, 3.63) is 35.9 Å². The van der Waals surface area contributed by atoms with Crippen LogP contribution in [-0.2, 0) is 4.74 Å². The predicted octanol–water partition coefficient (Wildman–Crippen LogP) is 2.54. The monoisotopic (exact) mass is 207 g/mol. The molecule has 0 radical (unpaired) electrons. The molecule has 0 heterocycles. The number of rotatable bonds is 5. The molecule has 3 heteroatoms. The van der Waals surface area contributed by atoms with Gasteiger partial charge in [-0.2, -0.15) is 0 Å². The molecule has 82 valence electrons. The Bertz CT molecular complexity index is 309. The van der Waals surface area contributed by atoms with Gasteiger partial charge in [0, 0.05) is 12.5 Å². The van der Waals surface area contributed by atoms with E-state index in [-0.39, 0.29) is 5.92 Å². The molecule has 1 aromatic carbocycles. The van der Waals surface area contributed by atoms with Crippen molar-refractivity contribution < 1.29 is 9.94 Å². The van der Waals surface area contributed by atoms with Crippen LogP contribution in [0.4, 0.5) is 0 Å². The molecule has 3 nitrogen and oxygen atoms in total. The van der Waals surface area contributed by atoms with Crippen LogP contribution in [-0.4, -0.2) is 24.1 Å². The highest BCUT2D eigenvalue weighted by molar-refractivity contribution is 6.01. The number of hydrogen-bond acceptors (Lipinski definition) is 3. The Hall–Kier alpha value is -1.35. The number of nitrogens with zero attached hydrogens (tertiary/aromatic N) is 1. The lowest BCUT2D eigenvalue weighted by Gasteiger charge is -2.13. The minimum absolute atomic E-state index is 0.0948. The first-order chi connectivity index (χ1) is 7.29. The van der Waals surface area contributed by atoms with Crippen LogP contribution in [0.5, 0.6) is 0 Å². The summed E-state index contributed by atoms with van der Waals surface area (Å²) in [7, 11) is 0. The molecule has 15 heavy (non-hydrogen) atoms. The molecule has 0 aliphatic rings. The normalized spacial score (nSPS) is 13.9. The first-order valence-corrected chi connectivity index (χ1v) is 5.14. The highest BCUT2D eigenvalue weighted by Crippen LogP contribution is 2.10. The Morgan fingerprint density at radius 2 is 2.07 bits per heavy atom. The van der Waals surface area contributed by atoms with Crippen molar-refractivity contribution in [3.63, 3.8) is 0 Å². The van der Waals surface area contributed by atoms with Crippen LogP contribution in [0.15, 0.2) is 35.5 Å². The minimum Gasteiger partial charge on any atom is -0.411 e. The van der Waals surface area contributed by atoms with E-state index in [0.29, 0.717) is 18.9 Å². The van der Waals surface area contributed by atoms with Crippen molar-refractivity contribution in [2.24, 2.45) is 11.1 Å². The van der Waals surface area contributed by atoms with Gasteiger partial charge in [-0.1, -0.05) is 42.4 Å². The van der Waals surface area contributed by atoms with E-state index in [1.54, 1.807) is 0 Å². The first-order valence-electron chi connectivity index (χ1n) is 5.14. The van der Waals surface area contributed by atoms with Gasteiger partial charge in [0.25, 0.3) is 0 Å². The van der Waals surface area contributed by atoms with E-state index < -0.39 is 0 Å². The highest BCUT2D eigenvalue weighted by Gasteiger charge is 2.13. The fourth-order valence-electron chi connectivity index (χ4n) is 1.42. The molecular formula is C12H17NO2. The molecular weight excluding hydrogens is 190 g/mol. The molecule has 0 bridgehead atoms. The Kier molecular flexibility index (Phi) is 4.84. The van der Waals surface area contributed by atoms with Crippen LogP contribution < -0.4 is 0 Å². The van der Waals surface area contributed by atoms with E-state index in [2.05, 4.69) is 5.16 Å². The Morgan fingerprint density at radius 3 is 2.60 bits per heavy atom. The van der Waals surface area contributed by atoms with Gasteiger partial charge in [-0.3, -0.25) is 0 Å². The number of hydrogen-bond donors (Lipinski definition) is 1. The van der Waals surface area contributed by atoms with Crippen LogP contribution in [0.1, 0.15) is 19.4 Å². The van der Waals surface area contributed by atoms with Crippen molar-refractivity contribution in [1.29, 1.82) is 0 Å². The van der Waals surface area contributed by atoms with Gasteiger partial charge >= 0.3 is 0 Å². The molecule has 0 aromatic heterocycles. The maximum Gasteiger partial charge on any atom is 0.0918 e. The molecule has 0 saturated heterocycles. The third-order valence-electron chi connectivity index (χ3n) is 2.22. The van der Waals surface area contributed by atoms with Gasteiger partial charge in [0.15, 0.2) is 0 Å². The van der Waals surface area contributed by atoms with Gasteiger partial charge in [0.2, 0.25) is 0 Å². The van der Waals surface area contributed by atoms with Gasteiger partial charge in [0.1, 0.15) is 0 Å². The number of oxime groups is 1. The van der Waals surface area contributed by atoms with E-state index in [0.717, 1.165) is 5.56 Å². The SMILES string of the molecule is CCOCC(C)C(=NO)c1ccccc1. The molecule has 1 aromatic rings. The van der Waals surface area contributed by atoms with Crippen LogP contribution >= 0.6 is 0 Å². The zero-order valence-electron chi connectivity index (χ0n) is 9.18. The molecule has 0 fully saturated rings. The Balaban J connectivity index is 2.73. The van der Waals surface area contributed by atoms with Gasteiger partial charge in [-0.25, -0.2) is 0 Å². The van der Waals surface area contributed by atoms with E-state index in [4.69, 9.17) is 9.94 Å². The minimum atomic E-state index is 0.0948. The predicted molar refractivity (Wildman–Crippen MR) is 60.4 cm³/mol. The highest BCUT2D eigenvalue weighted by atomic mass is 16.5. The zero-order chi connectivity index (χ0) is 11.1. The second kappa shape index (κ2) is 6.19. The lowest BCUT2D eigenvalue weighted by Crippen LogP contribution is -2.18. The number of ether oxygens (including phenoxy) is 1. The van der Waals surface area contributed by atoms with Crippen molar-refractivity contribution in [1.82, 2.24) is 0 Å². The summed E-state index contributed by atoms with van der Waals surface area (Å²) in [5.74, 6) is 0.0948. The van der Waals surface area contributed by atoms with Crippen molar-refractivity contribution in [2.45, 2.75) is 13.8 Å². The summed E-state index contributed by atoms with van der Waals surface area (Å²) in [5.41, 5.74) is 1.61. The fourth-order valence-corrected chi connectivity index (χ4v) is 1.42. The quantitative estimate of drug-likeness (QED) is 0.458. The molecule has 0 spiro atoms. The molecule has 0 saturated carbocycles. The topological polar surface area (TPSA) is 41.8 Å². The van der Waals surface area contributed by atoms with E-state index in [1.165, 1.54) is 0 Å². The average Bonchev–Trinajstić information content (AvgIpc) is 2.29. The van der Waals surface area contributed by atoms with E-state index in [1.807, 2.05) is 44.2 Å². The summed E-state index contributed by atoms with van der Waals surface area (Å²) in [6.07, 6.45) is 0. The molecule has 1 N–H and O–H groups in total. The standard InChI is InChI=1S/C12H17NO2/c1-3-15-9-10(2)12(13-14)11-7-5-4-6-8-11/h4-8,10,14H,3,9H2,1-2H3. The molecule has 1 unspecified atom stereocenters. The largest absolute Gasteiger partial charge is 0.411 e. The smallest absolute Gasteiger partial charge is 0.0918 e. The lowest BCUT2D eigenvalue weighted by molar-refractivity contribution is 0.132. The van der Waals surface area contributed by atoms with Crippen molar-refractivity contribution in [2.75, 3.05) is 13.2 Å². The second-order valence-corrected chi connectivity index (χ2v) is 3.41.